The molecule has 0 aromatic heterocycles. The Labute approximate surface area is 148 Å². The second kappa shape index (κ2) is 7.39. The maximum atomic E-state index is 11.9. The first kappa shape index (κ1) is 17.0. The van der Waals surface area contributed by atoms with Crippen molar-refractivity contribution in [3.63, 3.8) is 0 Å². The minimum atomic E-state index is -0.712. The van der Waals surface area contributed by atoms with E-state index in [-0.39, 0.29) is 11.6 Å². The van der Waals surface area contributed by atoms with Crippen LogP contribution in [0, 0.1) is 0 Å². The number of carbonyl (C=O) groups excluding carboxylic acids is 1. The second-order valence-electron chi connectivity index (χ2n) is 6.07. The number of esters is 1. The Hall–Kier alpha value is -1.81. The first-order valence-electron chi connectivity index (χ1n) is 8.37. The summed E-state index contributed by atoms with van der Waals surface area (Å²) in [5.41, 5.74) is 6.29. The zero-order valence-corrected chi connectivity index (χ0v) is 15.9. The molecule has 1 aromatic rings. The Morgan fingerprint density at radius 3 is 2.92 bits per heavy atom. The van der Waals surface area contributed by atoms with Gasteiger partial charge in [-0.15, -0.1) is 0 Å². The van der Waals surface area contributed by atoms with Crippen LogP contribution < -0.4 is 15.4 Å². The topological polar surface area (TPSA) is 89.1 Å². The van der Waals surface area contributed by atoms with Gasteiger partial charge in [0.25, 0.3) is 0 Å². The zero-order valence-electron chi connectivity index (χ0n) is 13.8. The molecule has 3 rings (SSSR count). The first-order valence-corrected chi connectivity index (χ1v) is 10.5. The molecule has 1 unspecified atom stereocenters. The van der Waals surface area contributed by atoms with E-state index in [2.05, 4.69) is 15.3 Å². The van der Waals surface area contributed by atoms with Gasteiger partial charge in [0.1, 0.15) is 0 Å². The van der Waals surface area contributed by atoms with Gasteiger partial charge in [0.05, 0.1) is 0 Å². The number of amidine groups is 1. The molecule has 1 aliphatic carbocycles. The van der Waals surface area contributed by atoms with Crippen LogP contribution in [-0.2, 0) is 4.74 Å². The fraction of sp³-hybridized carbons (Fsp3) is 0.471. The summed E-state index contributed by atoms with van der Waals surface area (Å²) in [4.78, 5) is 20.9. The molecule has 3 N–H and O–H groups in total. The van der Waals surface area contributed by atoms with Gasteiger partial charge < -0.3 is 0 Å². The molecule has 1 spiro atoms. The molecule has 1 heterocycles. The average Bonchev–Trinajstić information content (AvgIpc) is 2.55. The van der Waals surface area contributed by atoms with Crippen molar-refractivity contribution in [1.82, 2.24) is 5.32 Å². The fourth-order valence-corrected chi connectivity index (χ4v) is 5.55. The van der Waals surface area contributed by atoms with Crippen LogP contribution in [0.2, 0.25) is 0 Å². The van der Waals surface area contributed by atoms with Crippen LogP contribution in [0.5, 0.6) is 0 Å². The van der Waals surface area contributed by atoms with Crippen LogP contribution >= 0.6 is 0 Å². The van der Waals surface area contributed by atoms with Gasteiger partial charge in [0, 0.05) is 0 Å². The molecule has 1 saturated carbocycles. The van der Waals surface area contributed by atoms with Crippen molar-refractivity contribution in [2.24, 2.45) is 15.7 Å². The van der Waals surface area contributed by atoms with Crippen molar-refractivity contribution in [3.8, 4) is 0 Å². The Morgan fingerprint density at radius 2 is 2.17 bits per heavy atom. The van der Waals surface area contributed by atoms with E-state index in [1.807, 2.05) is 25.1 Å². The zero-order chi connectivity index (χ0) is 17.0. The standard InChI is InChI=1S/C17H23AsN4O2/c1-2-24-14(23)12-7-6-8-13(11-12)18-15-20-16(19)22-17(21-15)9-4-3-5-10-17/h6-8,11,18H,2-5,9-10H2,1H3,(H3,19,20,21,22). The third-order valence-corrected chi connectivity index (χ3v) is 6.47. The van der Waals surface area contributed by atoms with Crippen molar-refractivity contribution in [3.05, 3.63) is 29.8 Å². The molecule has 0 bridgehead atoms. The van der Waals surface area contributed by atoms with E-state index in [1.54, 1.807) is 6.07 Å². The van der Waals surface area contributed by atoms with E-state index in [0.717, 1.165) is 34.7 Å². The molecule has 0 radical (unpaired) electrons. The third-order valence-electron chi connectivity index (χ3n) is 4.22. The summed E-state index contributed by atoms with van der Waals surface area (Å²) in [5, 5.41) is 3.54. The molecule has 0 amide bonds. The molecule has 0 saturated heterocycles. The molecule has 128 valence electrons. The molecular weight excluding hydrogens is 367 g/mol. The summed E-state index contributed by atoms with van der Waals surface area (Å²) >= 11 is -0.712. The van der Waals surface area contributed by atoms with Crippen molar-refractivity contribution in [1.29, 1.82) is 0 Å². The van der Waals surface area contributed by atoms with Crippen molar-refractivity contribution in [2.75, 3.05) is 6.61 Å². The number of nitrogens with zero attached hydrogens (tertiary/aromatic N) is 2. The van der Waals surface area contributed by atoms with Gasteiger partial charge in [0.15, 0.2) is 0 Å². The van der Waals surface area contributed by atoms with Gasteiger partial charge in [-0.25, -0.2) is 0 Å². The predicted molar refractivity (Wildman–Crippen MR) is 97.2 cm³/mol. The van der Waals surface area contributed by atoms with Gasteiger partial charge in [-0.05, 0) is 0 Å². The Morgan fingerprint density at radius 1 is 1.38 bits per heavy atom. The second-order valence-corrected chi connectivity index (χ2v) is 8.80. The Kier molecular flexibility index (Phi) is 5.24. The summed E-state index contributed by atoms with van der Waals surface area (Å²) in [7, 11) is 0. The van der Waals surface area contributed by atoms with Gasteiger partial charge in [-0.1, -0.05) is 0 Å². The van der Waals surface area contributed by atoms with Crippen molar-refractivity contribution >= 4 is 36.7 Å². The van der Waals surface area contributed by atoms with Gasteiger partial charge >= 0.3 is 148 Å². The minimum absolute atomic E-state index is 0.262. The SMILES string of the molecule is CCOC(=O)c1cccc([AsH]C2=NC(N)=NC3(CCCCC3)N2)c1. The van der Waals surface area contributed by atoms with Crippen LogP contribution in [0.15, 0.2) is 34.3 Å². The number of carbonyl (C=O) groups is 1. The number of nitrogens with two attached hydrogens (primary N) is 1. The van der Waals surface area contributed by atoms with Gasteiger partial charge in [0.2, 0.25) is 0 Å². The van der Waals surface area contributed by atoms with Crippen LogP contribution in [0.1, 0.15) is 49.4 Å². The molecule has 1 fully saturated rings. The number of aliphatic imine (C=N–C) groups is 2. The summed E-state index contributed by atoms with van der Waals surface area (Å²) in [5.74, 6) is 0.0882. The molecule has 1 aromatic carbocycles. The van der Waals surface area contributed by atoms with Crippen molar-refractivity contribution in [2.45, 2.75) is 44.7 Å². The van der Waals surface area contributed by atoms with E-state index in [1.165, 1.54) is 6.42 Å². The average molecular weight is 390 g/mol. The van der Waals surface area contributed by atoms with Crippen molar-refractivity contribution < 1.29 is 9.53 Å². The Balaban J connectivity index is 1.75. The van der Waals surface area contributed by atoms with Crippen LogP contribution in [0.4, 0.5) is 0 Å². The number of hydrogen-bond acceptors (Lipinski definition) is 6. The van der Waals surface area contributed by atoms with E-state index in [0.29, 0.717) is 18.1 Å². The number of benzene rings is 1. The Bertz CT molecular complexity index is 681. The molecule has 2 aliphatic rings. The summed E-state index contributed by atoms with van der Waals surface area (Å²) in [6.45, 7) is 2.19. The summed E-state index contributed by atoms with van der Waals surface area (Å²) in [6.07, 6.45) is 5.58. The van der Waals surface area contributed by atoms with Crippen LogP contribution in [-0.4, -0.2) is 44.6 Å². The normalized spacial score (nSPS) is 19.7. The molecule has 7 heteroatoms. The molecule has 1 aliphatic heterocycles. The fourth-order valence-electron chi connectivity index (χ4n) is 3.14. The number of nitrogens with one attached hydrogen (secondary N) is 1. The predicted octanol–water partition coefficient (Wildman–Crippen LogP) is 0.859. The summed E-state index contributed by atoms with van der Waals surface area (Å²) < 4.78 is 7.12. The van der Waals surface area contributed by atoms with Gasteiger partial charge in [-0.3, -0.25) is 0 Å². The van der Waals surface area contributed by atoms with Gasteiger partial charge in [-0.2, -0.15) is 0 Å². The van der Waals surface area contributed by atoms with E-state index >= 15 is 0 Å². The van der Waals surface area contributed by atoms with Crippen LogP contribution in [0.3, 0.4) is 0 Å². The van der Waals surface area contributed by atoms with E-state index < -0.39 is 15.8 Å². The summed E-state index contributed by atoms with van der Waals surface area (Å²) in [6, 6.07) is 7.60. The number of guanidine groups is 1. The molecule has 6 nitrogen and oxygen atoms in total. The number of hydrogen-bond donors (Lipinski definition) is 2. The quantitative estimate of drug-likeness (QED) is 0.590. The molecule has 1 atom stereocenters. The van der Waals surface area contributed by atoms with Crippen LogP contribution in [0.25, 0.3) is 0 Å². The maximum absolute atomic E-state index is 11.9. The number of rotatable bonds is 4. The van der Waals surface area contributed by atoms with E-state index in [9.17, 15) is 4.79 Å². The molecular formula is C17H23AsN4O2. The van der Waals surface area contributed by atoms with E-state index in [4.69, 9.17) is 10.5 Å². The molecule has 24 heavy (non-hydrogen) atoms. The third kappa shape index (κ3) is 3.99. The first-order chi connectivity index (χ1) is 11.6. The number of ether oxygens (including phenoxy) is 1. The monoisotopic (exact) mass is 390 g/mol.